The summed E-state index contributed by atoms with van der Waals surface area (Å²) in [7, 11) is 1.66. The highest BCUT2D eigenvalue weighted by Gasteiger charge is 2.03. The molecule has 130 valence electrons. The molecule has 0 saturated carbocycles. The molecule has 0 aliphatic rings. The predicted molar refractivity (Wildman–Crippen MR) is 105 cm³/mol. The molecule has 1 aromatic heterocycles. The van der Waals surface area contributed by atoms with E-state index in [0.717, 1.165) is 12.0 Å². The van der Waals surface area contributed by atoms with Crippen molar-refractivity contribution in [2.45, 2.75) is 13.0 Å². The zero-order chi connectivity index (χ0) is 16.7. The fraction of sp³-hybridized carbons (Fsp3) is 0.250. The Hall–Kier alpha value is -1.61. The van der Waals surface area contributed by atoms with Crippen molar-refractivity contribution in [1.82, 2.24) is 15.6 Å². The van der Waals surface area contributed by atoms with E-state index < -0.39 is 5.82 Å². The maximum Gasteiger partial charge on any atom is 0.191 e. The summed E-state index contributed by atoms with van der Waals surface area (Å²) in [6.07, 6.45) is 2.51. The molecule has 1 heterocycles. The standard InChI is InChI=1S/C16H18ClFN4O.HI/c1-19-16(20-7-6-11-3-5-15(17)21-9-11)22-10-12-2-4-14(23)13(18)8-12;/h2-5,8-9,23H,6-7,10H2,1H3,(H2,19,20,22);1H. The van der Waals surface area contributed by atoms with Crippen LogP contribution in [0.4, 0.5) is 4.39 Å². The van der Waals surface area contributed by atoms with E-state index in [1.807, 2.05) is 6.07 Å². The molecule has 0 radical (unpaired) electrons. The van der Waals surface area contributed by atoms with Gasteiger partial charge in [0.15, 0.2) is 17.5 Å². The lowest BCUT2D eigenvalue weighted by atomic mass is 10.2. The van der Waals surface area contributed by atoms with Gasteiger partial charge in [0.2, 0.25) is 0 Å². The van der Waals surface area contributed by atoms with Gasteiger partial charge in [0.05, 0.1) is 0 Å². The maximum absolute atomic E-state index is 13.3. The molecule has 0 aliphatic heterocycles. The van der Waals surface area contributed by atoms with Crippen LogP contribution in [0.2, 0.25) is 5.15 Å². The lowest BCUT2D eigenvalue weighted by Crippen LogP contribution is -2.37. The van der Waals surface area contributed by atoms with Crippen molar-refractivity contribution >= 4 is 41.5 Å². The van der Waals surface area contributed by atoms with E-state index in [9.17, 15) is 4.39 Å². The molecule has 0 atom stereocenters. The van der Waals surface area contributed by atoms with Crippen molar-refractivity contribution in [1.29, 1.82) is 0 Å². The number of hydrogen-bond donors (Lipinski definition) is 3. The van der Waals surface area contributed by atoms with Gasteiger partial charge in [-0.05, 0) is 35.7 Å². The second kappa shape index (κ2) is 10.3. The van der Waals surface area contributed by atoms with E-state index >= 15 is 0 Å². The van der Waals surface area contributed by atoms with Crippen LogP contribution < -0.4 is 10.6 Å². The lowest BCUT2D eigenvalue weighted by Gasteiger charge is -2.12. The molecular weight excluding hydrogens is 446 g/mol. The Kier molecular flexibility index (Phi) is 8.77. The molecule has 1 aromatic carbocycles. The molecule has 2 aromatic rings. The molecule has 0 unspecified atom stereocenters. The number of nitrogens with zero attached hydrogens (tertiary/aromatic N) is 2. The first kappa shape index (κ1) is 20.4. The Balaban J connectivity index is 0.00000288. The molecular formula is C16H19ClFIN4O. The number of phenols is 1. The van der Waals surface area contributed by atoms with Crippen molar-refractivity contribution in [2.75, 3.05) is 13.6 Å². The number of aromatic hydroxyl groups is 1. The number of rotatable bonds is 5. The van der Waals surface area contributed by atoms with Gasteiger partial charge >= 0.3 is 0 Å². The predicted octanol–water partition coefficient (Wildman–Crippen LogP) is 3.11. The minimum Gasteiger partial charge on any atom is -0.505 e. The van der Waals surface area contributed by atoms with E-state index in [0.29, 0.717) is 29.8 Å². The Morgan fingerprint density at radius 1 is 1.25 bits per heavy atom. The van der Waals surface area contributed by atoms with Crippen molar-refractivity contribution in [3.63, 3.8) is 0 Å². The zero-order valence-corrected chi connectivity index (χ0v) is 16.2. The molecule has 3 N–H and O–H groups in total. The van der Waals surface area contributed by atoms with Gasteiger partial charge in [-0.3, -0.25) is 4.99 Å². The summed E-state index contributed by atoms with van der Waals surface area (Å²) in [4.78, 5) is 8.13. The third-order valence-corrected chi connectivity index (χ3v) is 3.41. The number of phenolic OH excluding ortho intramolecular Hbond substituents is 1. The molecule has 0 spiro atoms. The van der Waals surface area contributed by atoms with Crippen LogP contribution in [-0.2, 0) is 13.0 Å². The van der Waals surface area contributed by atoms with Crippen LogP contribution in [0.15, 0.2) is 41.5 Å². The number of aromatic nitrogens is 1. The van der Waals surface area contributed by atoms with Gasteiger partial charge in [-0.1, -0.05) is 23.7 Å². The summed E-state index contributed by atoms with van der Waals surface area (Å²) >= 11 is 5.74. The third kappa shape index (κ3) is 6.48. The SMILES string of the molecule is CN=C(NCCc1ccc(Cl)nc1)NCc1ccc(O)c(F)c1.I. The van der Waals surface area contributed by atoms with E-state index in [2.05, 4.69) is 20.6 Å². The number of nitrogens with one attached hydrogen (secondary N) is 2. The average molecular weight is 465 g/mol. The minimum atomic E-state index is -0.637. The van der Waals surface area contributed by atoms with Crippen LogP contribution in [0.3, 0.4) is 0 Å². The minimum absolute atomic E-state index is 0. The van der Waals surface area contributed by atoms with Crippen LogP contribution in [-0.4, -0.2) is 29.6 Å². The Labute approximate surface area is 162 Å². The number of halogens is 3. The van der Waals surface area contributed by atoms with E-state index in [1.54, 1.807) is 25.4 Å². The number of guanidine groups is 1. The fourth-order valence-electron chi connectivity index (χ4n) is 1.95. The first-order valence-corrected chi connectivity index (χ1v) is 7.48. The van der Waals surface area contributed by atoms with Crippen molar-refractivity contribution < 1.29 is 9.50 Å². The van der Waals surface area contributed by atoms with Crippen LogP contribution in [0.1, 0.15) is 11.1 Å². The smallest absolute Gasteiger partial charge is 0.191 e. The summed E-state index contributed by atoms with van der Waals surface area (Å²) in [5.41, 5.74) is 1.78. The van der Waals surface area contributed by atoms with Crippen LogP contribution >= 0.6 is 35.6 Å². The van der Waals surface area contributed by atoms with Crippen LogP contribution in [0, 0.1) is 5.82 Å². The summed E-state index contributed by atoms with van der Waals surface area (Å²) in [5.74, 6) is -0.379. The summed E-state index contributed by atoms with van der Waals surface area (Å²) < 4.78 is 13.3. The number of aliphatic imine (C=N–C) groups is 1. The number of benzene rings is 1. The van der Waals surface area contributed by atoms with Gasteiger partial charge < -0.3 is 15.7 Å². The van der Waals surface area contributed by atoms with E-state index in [4.69, 9.17) is 16.7 Å². The summed E-state index contributed by atoms with van der Waals surface area (Å²) in [6, 6.07) is 7.94. The Bertz CT molecular complexity index is 682. The first-order chi connectivity index (χ1) is 11.1. The monoisotopic (exact) mass is 464 g/mol. The molecule has 0 fully saturated rings. The van der Waals surface area contributed by atoms with Crippen molar-refractivity contribution in [3.05, 3.63) is 58.6 Å². The van der Waals surface area contributed by atoms with Crippen molar-refractivity contribution in [3.8, 4) is 5.75 Å². The number of pyridine rings is 1. The van der Waals surface area contributed by atoms with Gasteiger partial charge in [-0.25, -0.2) is 9.37 Å². The molecule has 24 heavy (non-hydrogen) atoms. The average Bonchev–Trinajstić information content (AvgIpc) is 2.55. The molecule has 0 aliphatic carbocycles. The molecule has 0 bridgehead atoms. The summed E-state index contributed by atoms with van der Waals surface area (Å²) in [5, 5.41) is 15.9. The van der Waals surface area contributed by atoms with Gasteiger partial charge in [0.1, 0.15) is 5.15 Å². The summed E-state index contributed by atoms with van der Waals surface area (Å²) in [6.45, 7) is 1.08. The van der Waals surface area contributed by atoms with Gasteiger partial charge in [0.25, 0.3) is 0 Å². The highest BCUT2D eigenvalue weighted by Crippen LogP contribution is 2.15. The highest BCUT2D eigenvalue weighted by molar-refractivity contribution is 14.0. The quantitative estimate of drug-likeness (QED) is 0.275. The van der Waals surface area contributed by atoms with Crippen LogP contribution in [0.25, 0.3) is 0 Å². The van der Waals surface area contributed by atoms with Crippen LogP contribution in [0.5, 0.6) is 5.75 Å². The maximum atomic E-state index is 13.3. The van der Waals surface area contributed by atoms with Gasteiger partial charge in [0, 0.05) is 26.3 Å². The highest BCUT2D eigenvalue weighted by atomic mass is 127. The number of hydrogen-bond acceptors (Lipinski definition) is 3. The largest absolute Gasteiger partial charge is 0.505 e. The molecule has 0 saturated heterocycles. The molecule has 0 amide bonds. The molecule has 8 heteroatoms. The van der Waals surface area contributed by atoms with Gasteiger partial charge in [-0.15, -0.1) is 24.0 Å². The molecule has 5 nitrogen and oxygen atoms in total. The fourth-order valence-corrected chi connectivity index (χ4v) is 2.06. The molecule has 2 rings (SSSR count). The van der Waals surface area contributed by atoms with E-state index in [-0.39, 0.29) is 29.7 Å². The Morgan fingerprint density at radius 3 is 2.62 bits per heavy atom. The lowest BCUT2D eigenvalue weighted by molar-refractivity contribution is 0.431. The van der Waals surface area contributed by atoms with Gasteiger partial charge in [-0.2, -0.15) is 0 Å². The topological polar surface area (TPSA) is 69.5 Å². The normalized spacial score (nSPS) is 10.9. The Morgan fingerprint density at radius 2 is 2.00 bits per heavy atom. The zero-order valence-electron chi connectivity index (χ0n) is 13.1. The van der Waals surface area contributed by atoms with E-state index in [1.165, 1.54) is 12.1 Å². The first-order valence-electron chi connectivity index (χ1n) is 7.11. The second-order valence-corrected chi connectivity index (χ2v) is 5.26. The third-order valence-electron chi connectivity index (χ3n) is 3.19. The second-order valence-electron chi connectivity index (χ2n) is 4.88. The van der Waals surface area contributed by atoms with Crippen molar-refractivity contribution in [2.24, 2.45) is 4.99 Å².